The second-order valence-corrected chi connectivity index (χ2v) is 4.07. The predicted molar refractivity (Wildman–Crippen MR) is 65.4 cm³/mol. The van der Waals surface area contributed by atoms with E-state index in [-0.39, 0.29) is 0 Å². The molecule has 1 unspecified atom stereocenters. The summed E-state index contributed by atoms with van der Waals surface area (Å²) in [5.74, 6) is 0.618. The number of aromatic nitrogens is 1. The molecular formula is C14H13NO2. The van der Waals surface area contributed by atoms with Gasteiger partial charge in [0, 0.05) is 11.8 Å². The summed E-state index contributed by atoms with van der Waals surface area (Å²) in [5.41, 5.74) is 1.53. The molecule has 2 aromatic rings. The Balaban J connectivity index is 2.00. The molecule has 3 nitrogen and oxygen atoms in total. The van der Waals surface area contributed by atoms with Crippen molar-refractivity contribution in [3.05, 3.63) is 53.9 Å². The zero-order chi connectivity index (χ0) is 11.7. The number of aliphatic hydroxyl groups excluding tert-OH is 1. The summed E-state index contributed by atoms with van der Waals surface area (Å²) in [6.45, 7) is 0.653. The highest BCUT2D eigenvalue weighted by Crippen LogP contribution is 2.26. The monoisotopic (exact) mass is 227 g/mol. The molecule has 1 aliphatic rings. The minimum Gasteiger partial charge on any atom is -0.495 e. The van der Waals surface area contributed by atoms with Crippen LogP contribution in [0.1, 0.15) is 18.2 Å². The van der Waals surface area contributed by atoms with Gasteiger partial charge in [0.15, 0.2) is 6.10 Å². The van der Waals surface area contributed by atoms with Gasteiger partial charge in [-0.3, -0.25) is 0 Å². The van der Waals surface area contributed by atoms with Gasteiger partial charge in [-0.2, -0.15) is 0 Å². The van der Waals surface area contributed by atoms with Gasteiger partial charge in [-0.05, 0) is 18.2 Å². The fraction of sp³-hybridized carbons (Fsp3) is 0.214. The van der Waals surface area contributed by atoms with E-state index in [1.54, 1.807) is 0 Å². The summed E-state index contributed by atoms with van der Waals surface area (Å²) >= 11 is 0. The highest BCUT2D eigenvalue weighted by molar-refractivity contribution is 5.78. The zero-order valence-corrected chi connectivity index (χ0v) is 9.34. The molecule has 0 bridgehead atoms. The second-order valence-electron chi connectivity index (χ2n) is 4.07. The Labute approximate surface area is 99.4 Å². The first-order valence-electron chi connectivity index (χ1n) is 5.71. The summed E-state index contributed by atoms with van der Waals surface area (Å²) in [5, 5.41) is 11.2. The fourth-order valence-electron chi connectivity index (χ4n) is 2.01. The van der Waals surface area contributed by atoms with E-state index in [4.69, 9.17) is 4.74 Å². The quantitative estimate of drug-likeness (QED) is 0.857. The van der Waals surface area contributed by atoms with Gasteiger partial charge in [-0.25, -0.2) is 4.98 Å². The van der Waals surface area contributed by atoms with Crippen molar-refractivity contribution in [1.82, 2.24) is 4.98 Å². The van der Waals surface area contributed by atoms with Crippen molar-refractivity contribution in [2.45, 2.75) is 12.5 Å². The lowest BCUT2D eigenvalue weighted by molar-refractivity contribution is 0.116. The summed E-state index contributed by atoms with van der Waals surface area (Å²) in [7, 11) is 0. The van der Waals surface area contributed by atoms with Crippen LogP contribution in [0.15, 0.2) is 48.2 Å². The maximum atomic E-state index is 10.1. The van der Waals surface area contributed by atoms with E-state index in [1.807, 2.05) is 42.5 Å². The van der Waals surface area contributed by atoms with Crippen molar-refractivity contribution in [2.75, 3.05) is 6.61 Å². The number of hydrogen-bond donors (Lipinski definition) is 1. The first-order valence-corrected chi connectivity index (χ1v) is 5.71. The van der Waals surface area contributed by atoms with Crippen LogP contribution in [0.2, 0.25) is 0 Å². The minimum atomic E-state index is -0.748. The molecule has 0 fully saturated rings. The van der Waals surface area contributed by atoms with Crippen LogP contribution >= 0.6 is 0 Å². The van der Waals surface area contributed by atoms with Crippen LogP contribution in [0.5, 0.6) is 0 Å². The van der Waals surface area contributed by atoms with Crippen molar-refractivity contribution in [3.63, 3.8) is 0 Å². The molecule has 0 saturated heterocycles. The molecule has 2 heterocycles. The van der Waals surface area contributed by atoms with Gasteiger partial charge in [-0.1, -0.05) is 24.3 Å². The minimum absolute atomic E-state index is 0.618. The van der Waals surface area contributed by atoms with Crippen LogP contribution in [0.4, 0.5) is 0 Å². The maximum absolute atomic E-state index is 10.1. The number of rotatable bonds is 2. The molecule has 1 aromatic carbocycles. The second kappa shape index (κ2) is 4.18. The predicted octanol–water partition coefficient (Wildman–Crippen LogP) is 2.57. The van der Waals surface area contributed by atoms with Crippen molar-refractivity contribution >= 4 is 10.9 Å². The van der Waals surface area contributed by atoms with E-state index in [2.05, 4.69) is 4.98 Å². The SMILES string of the molecule is OC(C1=CCCO1)c1ccc2ccccc2n1. The summed E-state index contributed by atoms with van der Waals surface area (Å²) < 4.78 is 5.35. The number of ether oxygens (including phenoxy) is 1. The van der Waals surface area contributed by atoms with Crippen LogP contribution in [-0.2, 0) is 4.74 Å². The molecule has 1 N–H and O–H groups in total. The maximum Gasteiger partial charge on any atom is 0.152 e. The van der Waals surface area contributed by atoms with E-state index in [1.165, 1.54) is 0 Å². The van der Waals surface area contributed by atoms with Crippen molar-refractivity contribution in [1.29, 1.82) is 0 Å². The number of fused-ring (bicyclic) bond motifs is 1. The van der Waals surface area contributed by atoms with E-state index < -0.39 is 6.10 Å². The number of aliphatic hydroxyl groups is 1. The highest BCUT2D eigenvalue weighted by Gasteiger charge is 2.19. The Kier molecular flexibility index (Phi) is 2.53. The average Bonchev–Trinajstić information content (AvgIpc) is 2.91. The van der Waals surface area contributed by atoms with Crippen LogP contribution in [0.25, 0.3) is 10.9 Å². The molecule has 1 atom stereocenters. The standard InChI is InChI=1S/C14H13NO2/c16-14(13-6-3-9-17-13)12-8-7-10-4-1-2-5-11(10)15-12/h1-2,4-8,14,16H,3,9H2. The Morgan fingerprint density at radius 1 is 1.18 bits per heavy atom. The van der Waals surface area contributed by atoms with E-state index >= 15 is 0 Å². The third-order valence-electron chi connectivity index (χ3n) is 2.90. The van der Waals surface area contributed by atoms with Gasteiger partial charge in [0.2, 0.25) is 0 Å². The summed E-state index contributed by atoms with van der Waals surface area (Å²) in [4.78, 5) is 4.45. The van der Waals surface area contributed by atoms with Crippen LogP contribution in [-0.4, -0.2) is 16.7 Å². The smallest absolute Gasteiger partial charge is 0.152 e. The number of para-hydroxylation sites is 1. The molecule has 3 heteroatoms. The van der Waals surface area contributed by atoms with Gasteiger partial charge >= 0.3 is 0 Å². The number of nitrogens with zero attached hydrogens (tertiary/aromatic N) is 1. The topological polar surface area (TPSA) is 42.4 Å². The van der Waals surface area contributed by atoms with Crippen LogP contribution in [0.3, 0.4) is 0 Å². The number of hydrogen-bond acceptors (Lipinski definition) is 3. The molecule has 0 amide bonds. The first-order chi connectivity index (χ1) is 8.34. The van der Waals surface area contributed by atoms with E-state index in [0.717, 1.165) is 17.3 Å². The Morgan fingerprint density at radius 2 is 2.06 bits per heavy atom. The molecule has 86 valence electrons. The van der Waals surface area contributed by atoms with Crippen LogP contribution < -0.4 is 0 Å². The van der Waals surface area contributed by atoms with E-state index in [0.29, 0.717) is 18.1 Å². The van der Waals surface area contributed by atoms with Crippen molar-refractivity contribution < 1.29 is 9.84 Å². The molecule has 17 heavy (non-hydrogen) atoms. The van der Waals surface area contributed by atoms with Gasteiger partial charge in [0.05, 0.1) is 17.8 Å². The first kappa shape index (κ1) is 10.3. The molecule has 0 saturated carbocycles. The molecule has 1 aromatic heterocycles. The van der Waals surface area contributed by atoms with Gasteiger partial charge < -0.3 is 9.84 Å². The zero-order valence-electron chi connectivity index (χ0n) is 9.34. The third kappa shape index (κ3) is 1.89. The van der Waals surface area contributed by atoms with Crippen molar-refractivity contribution in [3.8, 4) is 0 Å². The average molecular weight is 227 g/mol. The lowest BCUT2D eigenvalue weighted by atomic mass is 10.1. The van der Waals surface area contributed by atoms with Gasteiger partial charge in [0.1, 0.15) is 5.76 Å². The number of pyridine rings is 1. The lowest BCUT2D eigenvalue weighted by Gasteiger charge is -2.12. The van der Waals surface area contributed by atoms with Crippen molar-refractivity contribution in [2.24, 2.45) is 0 Å². The van der Waals surface area contributed by atoms with Crippen LogP contribution in [0, 0.1) is 0 Å². The molecular weight excluding hydrogens is 214 g/mol. The molecule has 1 aliphatic heterocycles. The molecule has 0 aliphatic carbocycles. The largest absolute Gasteiger partial charge is 0.495 e. The Morgan fingerprint density at radius 3 is 2.88 bits per heavy atom. The molecule has 3 rings (SSSR count). The molecule has 0 spiro atoms. The Bertz CT molecular complexity index is 577. The lowest BCUT2D eigenvalue weighted by Crippen LogP contribution is -2.04. The highest BCUT2D eigenvalue weighted by atomic mass is 16.5. The van der Waals surface area contributed by atoms with Gasteiger partial charge in [-0.15, -0.1) is 0 Å². The molecule has 0 radical (unpaired) electrons. The number of benzene rings is 1. The fourth-order valence-corrected chi connectivity index (χ4v) is 2.01. The van der Waals surface area contributed by atoms with E-state index in [9.17, 15) is 5.11 Å². The normalized spacial score (nSPS) is 16.6. The van der Waals surface area contributed by atoms with Gasteiger partial charge in [0.25, 0.3) is 0 Å². The third-order valence-corrected chi connectivity index (χ3v) is 2.90. The summed E-state index contributed by atoms with van der Waals surface area (Å²) in [6, 6.07) is 11.7. The Hall–Kier alpha value is -1.87. The summed E-state index contributed by atoms with van der Waals surface area (Å²) in [6.07, 6.45) is 2.03.